The number of hydrogen-bond donors (Lipinski definition) is 0. The molecule has 0 spiro atoms. The van der Waals surface area contributed by atoms with Gasteiger partial charge in [0, 0.05) is 16.8 Å². The first-order valence-electron chi connectivity index (χ1n) is 9.54. The normalized spacial score (nSPS) is 12.1. The van der Waals surface area contributed by atoms with Gasteiger partial charge < -0.3 is 0 Å². The number of alkyl halides is 3. The number of hydrogen-bond acceptors (Lipinski definition) is 2. The van der Waals surface area contributed by atoms with Crippen molar-refractivity contribution in [3.63, 3.8) is 0 Å². The van der Waals surface area contributed by atoms with Crippen molar-refractivity contribution >= 4 is 11.6 Å². The van der Waals surface area contributed by atoms with Gasteiger partial charge in [-0.05, 0) is 47.7 Å². The zero-order valence-electron chi connectivity index (χ0n) is 17.0. The molecule has 0 amide bonds. The standard InChI is InChI=1S/C23H21ClF4N2/c1-12(2)15-6-5-7-16(21(15)25)22-17(24)8-9-18(30-22)14-10-19(13(3)4)29-20(11-14)23(26,27)28/h5-13H,1-4H3. The molecule has 0 aliphatic carbocycles. The molecule has 7 heteroatoms. The molecule has 0 saturated carbocycles. The SMILES string of the molecule is CC(C)c1cc(-c2ccc(Cl)c(-c3cccc(C(C)C)c3F)n2)cc(C(F)(F)F)n1. The van der Waals surface area contributed by atoms with Gasteiger partial charge in [0.2, 0.25) is 0 Å². The molecule has 30 heavy (non-hydrogen) atoms. The first kappa shape index (κ1) is 22.2. The van der Waals surface area contributed by atoms with Crippen LogP contribution in [0.2, 0.25) is 5.02 Å². The number of benzene rings is 1. The van der Waals surface area contributed by atoms with E-state index in [9.17, 15) is 13.2 Å². The van der Waals surface area contributed by atoms with Gasteiger partial charge in [0.15, 0.2) is 0 Å². The predicted molar refractivity (Wildman–Crippen MR) is 111 cm³/mol. The van der Waals surface area contributed by atoms with Gasteiger partial charge in [-0.25, -0.2) is 14.4 Å². The lowest BCUT2D eigenvalue weighted by Crippen LogP contribution is -2.10. The van der Waals surface area contributed by atoms with Crippen LogP contribution in [0, 0.1) is 5.82 Å². The zero-order valence-corrected chi connectivity index (χ0v) is 17.7. The molecule has 158 valence electrons. The van der Waals surface area contributed by atoms with Crippen LogP contribution in [0.15, 0.2) is 42.5 Å². The highest BCUT2D eigenvalue weighted by atomic mass is 35.5. The summed E-state index contributed by atoms with van der Waals surface area (Å²) in [6.45, 7) is 7.27. The molecule has 0 fully saturated rings. The quantitative estimate of drug-likeness (QED) is 0.389. The molecule has 3 rings (SSSR count). The first-order valence-corrected chi connectivity index (χ1v) is 9.91. The molecule has 2 aromatic heterocycles. The number of aromatic nitrogens is 2. The summed E-state index contributed by atoms with van der Waals surface area (Å²) >= 11 is 6.29. The van der Waals surface area contributed by atoms with Gasteiger partial charge in [-0.3, -0.25) is 0 Å². The fourth-order valence-corrected chi connectivity index (χ4v) is 3.32. The summed E-state index contributed by atoms with van der Waals surface area (Å²) in [4.78, 5) is 8.16. The Morgan fingerprint density at radius 1 is 0.900 bits per heavy atom. The maximum Gasteiger partial charge on any atom is 0.433 e. The second kappa shape index (κ2) is 8.34. The molecule has 0 N–H and O–H groups in total. The topological polar surface area (TPSA) is 25.8 Å². The van der Waals surface area contributed by atoms with E-state index in [1.807, 2.05) is 13.8 Å². The lowest BCUT2D eigenvalue weighted by molar-refractivity contribution is -0.141. The molecule has 0 aliphatic heterocycles. The van der Waals surface area contributed by atoms with E-state index in [0.717, 1.165) is 6.07 Å². The van der Waals surface area contributed by atoms with E-state index in [2.05, 4.69) is 9.97 Å². The minimum atomic E-state index is -4.59. The Labute approximate surface area is 178 Å². The highest BCUT2D eigenvalue weighted by molar-refractivity contribution is 6.33. The largest absolute Gasteiger partial charge is 0.433 e. The molecular formula is C23H21ClF4N2. The van der Waals surface area contributed by atoms with Crippen LogP contribution in [-0.4, -0.2) is 9.97 Å². The van der Waals surface area contributed by atoms with Crippen molar-refractivity contribution < 1.29 is 17.6 Å². The fraction of sp³-hybridized carbons (Fsp3) is 0.304. The van der Waals surface area contributed by atoms with E-state index in [1.54, 1.807) is 38.1 Å². The second-order valence-corrected chi connectivity index (χ2v) is 8.12. The molecule has 1 aromatic carbocycles. The molecule has 0 saturated heterocycles. The smallest absolute Gasteiger partial charge is 0.248 e. The van der Waals surface area contributed by atoms with E-state index >= 15 is 4.39 Å². The van der Waals surface area contributed by atoms with Crippen molar-refractivity contribution in [2.45, 2.75) is 45.7 Å². The lowest BCUT2D eigenvalue weighted by Gasteiger charge is -2.15. The molecule has 0 radical (unpaired) electrons. The molecule has 0 aliphatic rings. The predicted octanol–water partition coefficient (Wildman–Crippen LogP) is 7.87. The minimum absolute atomic E-state index is 0.0463. The summed E-state index contributed by atoms with van der Waals surface area (Å²) in [6.07, 6.45) is -4.59. The Hall–Kier alpha value is -2.47. The van der Waals surface area contributed by atoms with Gasteiger partial charge >= 0.3 is 6.18 Å². The van der Waals surface area contributed by atoms with Crippen LogP contribution in [0.5, 0.6) is 0 Å². The van der Waals surface area contributed by atoms with Crippen molar-refractivity contribution in [2.24, 2.45) is 0 Å². The Morgan fingerprint density at radius 2 is 1.60 bits per heavy atom. The van der Waals surface area contributed by atoms with Crippen LogP contribution in [0.1, 0.15) is 56.5 Å². The number of pyridine rings is 2. The second-order valence-electron chi connectivity index (χ2n) is 7.71. The average Bonchev–Trinajstić information content (AvgIpc) is 2.67. The van der Waals surface area contributed by atoms with E-state index < -0.39 is 17.7 Å². The molecule has 2 nitrogen and oxygen atoms in total. The summed E-state index contributed by atoms with van der Waals surface area (Å²) < 4.78 is 55.1. The number of rotatable bonds is 4. The Balaban J connectivity index is 2.20. The van der Waals surface area contributed by atoms with Crippen LogP contribution >= 0.6 is 11.6 Å². The van der Waals surface area contributed by atoms with Crippen molar-refractivity contribution in [1.82, 2.24) is 9.97 Å². The Bertz CT molecular complexity index is 1080. The summed E-state index contributed by atoms with van der Waals surface area (Å²) in [6, 6.07) is 10.5. The van der Waals surface area contributed by atoms with E-state index in [-0.39, 0.29) is 39.4 Å². The Morgan fingerprint density at radius 3 is 2.20 bits per heavy atom. The summed E-state index contributed by atoms with van der Waals surface area (Å²) in [7, 11) is 0. The van der Waals surface area contributed by atoms with Gasteiger partial charge in [-0.2, -0.15) is 13.2 Å². The van der Waals surface area contributed by atoms with Crippen LogP contribution in [0.4, 0.5) is 17.6 Å². The van der Waals surface area contributed by atoms with Gasteiger partial charge in [-0.15, -0.1) is 0 Å². The lowest BCUT2D eigenvalue weighted by atomic mass is 9.98. The summed E-state index contributed by atoms with van der Waals surface area (Å²) in [5, 5.41) is 0.216. The highest BCUT2D eigenvalue weighted by Crippen LogP contribution is 2.36. The van der Waals surface area contributed by atoms with Crippen LogP contribution in [-0.2, 0) is 6.18 Å². The third-order valence-corrected chi connectivity index (χ3v) is 5.08. The van der Waals surface area contributed by atoms with Crippen LogP contribution < -0.4 is 0 Å². The Kier molecular flexibility index (Phi) is 6.18. The van der Waals surface area contributed by atoms with Gasteiger partial charge in [0.1, 0.15) is 11.5 Å². The summed E-state index contributed by atoms with van der Waals surface area (Å²) in [5.41, 5.74) is 0.730. The number of nitrogens with zero attached hydrogens (tertiary/aromatic N) is 2. The van der Waals surface area contributed by atoms with Gasteiger partial charge in [0.25, 0.3) is 0 Å². The maximum absolute atomic E-state index is 15.1. The molecule has 3 aromatic rings. The third-order valence-electron chi connectivity index (χ3n) is 4.77. The number of halogens is 5. The fourth-order valence-electron chi connectivity index (χ4n) is 3.11. The van der Waals surface area contributed by atoms with Crippen LogP contribution in [0.25, 0.3) is 22.5 Å². The van der Waals surface area contributed by atoms with E-state index in [0.29, 0.717) is 11.3 Å². The van der Waals surface area contributed by atoms with Crippen molar-refractivity contribution in [1.29, 1.82) is 0 Å². The first-order chi connectivity index (χ1) is 14.0. The van der Waals surface area contributed by atoms with Crippen LogP contribution in [0.3, 0.4) is 0 Å². The third kappa shape index (κ3) is 4.48. The monoisotopic (exact) mass is 436 g/mol. The average molecular weight is 437 g/mol. The van der Waals surface area contributed by atoms with E-state index in [1.165, 1.54) is 12.1 Å². The molecule has 0 atom stereocenters. The molecule has 0 unspecified atom stereocenters. The van der Waals surface area contributed by atoms with Gasteiger partial charge in [0.05, 0.1) is 16.4 Å². The molecule has 0 bridgehead atoms. The zero-order chi connectivity index (χ0) is 22.2. The van der Waals surface area contributed by atoms with Crippen molar-refractivity contribution in [3.05, 3.63) is 70.3 Å². The maximum atomic E-state index is 15.1. The van der Waals surface area contributed by atoms with Gasteiger partial charge in [-0.1, -0.05) is 51.4 Å². The van der Waals surface area contributed by atoms with Crippen molar-refractivity contribution in [3.8, 4) is 22.5 Å². The minimum Gasteiger partial charge on any atom is -0.248 e. The summed E-state index contributed by atoms with van der Waals surface area (Å²) in [5.74, 6) is -0.694. The molecule has 2 heterocycles. The highest BCUT2D eigenvalue weighted by Gasteiger charge is 2.33. The van der Waals surface area contributed by atoms with Crippen molar-refractivity contribution in [2.75, 3.05) is 0 Å². The van der Waals surface area contributed by atoms with E-state index in [4.69, 9.17) is 11.6 Å². The molecular weight excluding hydrogens is 416 g/mol.